The smallest absolute Gasteiger partial charge is 0.303 e. The van der Waals surface area contributed by atoms with Crippen LogP contribution in [0.5, 0.6) is 0 Å². The molecule has 0 aliphatic rings. The van der Waals surface area contributed by atoms with E-state index in [1.54, 1.807) is 6.20 Å². The molecule has 0 unspecified atom stereocenters. The minimum atomic E-state index is -0.795. The van der Waals surface area contributed by atoms with Crippen molar-refractivity contribution in [2.75, 3.05) is 5.73 Å². The third-order valence-corrected chi connectivity index (χ3v) is 3.69. The SMILES string of the molecule is CCCC/C=C/c1cnc(N)c(-c2ccc(CCC(=O)O)cc2)n1. The van der Waals surface area contributed by atoms with Crippen molar-refractivity contribution in [3.63, 3.8) is 0 Å². The van der Waals surface area contributed by atoms with Gasteiger partial charge >= 0.3 is 5.97 Å². The Hall–Kier alpha value is -2.69. The highest BCUT2D eigenvalue weighted by molar-refractivity contribution is 5.71. The van der Waals surface area contributed by atoms with E-state index in [0.717, 1.165) is 36.1 Å². The number of hydrogen-bond donors (Lipinski definition) is 2. The number of carboxylic acid groups (broad SMARTS) is 1. The van der Waals surface area contributed by atoms with Crippen LogP contribution >= 0.6 is 0 Å². The van der Waals surface area contributed by atoms with Crippen molar-refractivity contribution in [1.82, 2.24) is 9.97 Å². The van der Waals surface area contributed by atoms with Crippen LogP contribution in [0.4, 0.5) is 5.82 Å². The lowest BCUT2D eigenvalue weighted by atomic mass is 10.1. The second-order valence-electron chi connectivity index (χ2n) is 5.66. The van der Waals surface area contributed by atoms with Gasteiger partial charge in [-0.25, -0.2) is 9.97 Å². The second-order valence-corrected chi connectivity index (χ2v) is 5.66. The first-order chi connectivity index (χ1) is 11.6. The Bertz CT molecular complexity index is 709. The van der Waals surface area contributed by atoms with Crippen LogP contribution in [-0.4, -0.2) is 21.0 Å². The van der Waals surface area contributed by atoms with Gasteiger partial charge in [-0.3, -0.25) is 4.79 Å². The number of anilines is 1. The van der Waals surface area contributed by atoms with Crippen LogP contribution in [0.2, 0.25) is 0 Å². The second kappa shape index (κ2) is 8.82. The summed E-state index contributed by atoms with van der Waals surface area (Å²) in [6.07, 6.45) is 9.71. The molecule has 0 aliphatic carbocycles. The highest BCUT2D eigenvalue weighted by atomic mass is 16.4. The van der Waals surface area contributed by atoms with Gasteiger partial charge in [-0.15, -0.1) is 0 Å². The number of nitrogen functional groups attached to an aromatic ring is 1. The fourth-order valence-corrected chi connectivity index (χ4v) is 2.31. The molecule has 2 rings (SSSR count). The average molecular weight is 325 g/mol. The number of carboxylic acids is 1. The summed E-state index contributed by atoms with van der Waals surface area (Å²) in [6.45, 7) is 2.16. The van der Waals surface area contributed by atoms with Crippen LogP contribution in [0.15, 0.2) is 36.5 Å². The molecule has 0 amide bonds. The normalized spacial score (nSPS) is 11.0. The van der Waals surface area contributed by atoms with Gasteiger partial charge in [0.1, 0.15) is 11.5 Å². The van der Waals surface area contributed by atoms with E-state index in [2.05, 4.69) is 23.0 Å². The van der Waals surface area contributed by atoms with Gasteiger partial charge in [0.25, 0.3) is 0 Å². The zero-order valence-corrected chi connectivity index (χ0v) is 13.9. The largest absolute Gasteiger partial charge is 0.481 e. The lowest BCUT2D eigenvalue weighted by Crippen LogP contribution is -1.99. The Morgan fingerprint density at radius 1 is 1.29 bits per heavy atom. The number of allylic oxidation sites excluding steroid dienone is 1. The van der Waals surface area contributed by atoms with E-state index >= 15 is 0 Å². The van der Waals surface area contributed by atoms with Crippen molar-refractivity contribution in [1.29, 1.82) is 0 Å². The van der Waals surface area contributed by atoms with Gasteiger partial charge in [0.05, 0.1) is 11.9 Å². The first kappa shape index (κ1) is 17.7. The summed E-state index contributed by atoms with van der Waals surface area (Å²) >= 11 is 0. The number of aryl methyl sites for hydroxylation is 1. The molecule has 3 N–H and O–H groups in total. The number of benzene rings is 1. The number of nitrogens with two attached hydrogens (primary N) is 1. The molecule has 0 aliphatic heterocycles. The maximum atomic E-state index is 10.6. The summed E-state index contributed by atoms with van der Waals surface area (Å²) in [5.41, 5.74) is 9.24. The van der Waals surface area contributed by atoms with Gasteiger partial charge in [-0.2, -0.15) is 0 Å². The van der Waals surface area contributed by atoms with E-state index in [-0.39, 0.29) is 6.42 Å². The molecule has 1 aromatic heterocycles. The first-order valence-electron chi connectivity index (χ1n) is 8.20. The lowest BCUT2D eigenvalue weighted by molar-refractivity contribution is -0.136. The van der Waals surface area contributed by atoms with Gasteiger partial charge in [-0.1, -0.05) is 50.1 Å². The number of aliphatic carboxylic acids is 1. The van der Waals surface area contributed by atoms with Crippen molar-refractivity contribution in [3.8, 4) is 11.3 Å². The Labute approximate surface area is 142 Å². The standard InChI is InChI=1S/C19H23N3O2/c1-2-3-4-5-6-16-13-21-19(20)18(22-16)15-10-7-14(8-11-15)9-12-17(23)24/h5-8,10-11,13H,2-4,9,12H2,1H3,(H2,20,21)(H,23,24)/b6-5+. The molecular formula is C19H23N3O2. The fourth-order valence-electron chi connectivity index (χ4n) is 2.31. The zero-order valence-electron chi connectivity index (χ0n) is 13.9. The average Bonchev–Trinajstić information content (AvgIpc) is 2.59. The molecule has 5 heteroatoms. The Balaban J connectivity index is 2.15. The molecule has 1 heterocycles. The third kappa shape index (κ3) is 5.19. The Kier molecular flexibility index (Phi) is 6.49. The highest BCUT2D eigenvalue weighted by Crippen LogP contribution is 2.23. The first-order valence-corrected chi connectivity index (χ1v) is 8.20. The van der Waals surface area contributed by atoms with E-state index in [0.29, 0.717) is 17.9 Å². The lowest BCUT2D eigenvalue weighted by Gasteiger charge is -2.06. The van der Waals surface area contributed by atoms with Crippen molar-refractivity contribution < 1.29 is 9.90 Å². The van der Waals surface area contributed by atoms with E-state index < -0.39 is 5.97 Å². The molecule has 0 bridgehead atoms. The van der Waals surface area contributed by atoms with Crippen LogP contribution in [0.1, 0.15) is 43.9 Å². The van der Waals surface area contributed by atoms with E-state index in [4.69, 9.17) is 10.8 Å². The van der Waals surface area contributed by atoms with Crippen molar-refractivity contribution in [2.24, 2.45) is 0 Å². The predicted octanol–water partition coefficient (Wildman–Crippen LogP) is 3.95. The number of unbranched alkanes of at least 4 members (excludes halogenated alkanes) is 2. The summed E-state index contributed by atoms with van der Waals surface area (Å²) < 4.78 is 0. The fraction of sp³-hybridized carbons (Fsp3) is 0.316. The number of nitrogens with zero attached hydrogens (tertiary/aromatic N) is 2. The van der Waals surface area contributed by atoms with Crippen LogP contribution in [-0.2, 0) is 11.2 Å². The van der Waals surface area contributed by atoms with E-state index in [1.165, 1.54) is 0 Å². The predicted molar refractivity (Wildman–Crippen MR) is 96.4 cm³/mol. The zero-order chi connectivity index (χ0) is 17.4. The maximum absolute atomic E-state index is 10.6. The van der Waals surface area contributed by atoms with Crippen LogP contribution in [0.25, 0.3) is 17.3 Å². The Morgan fingerprint density at radius 3 is 2.71 bits per heavy atom. The molecule has 0 spiro atoms. The van der Waals surface area contributed by atoms with Gasteiger partial charge < -0.3 is 10.8 Å². The van der Waals surface area contributed by atoms with Crippen LogP contribution < -0.4 is 5.73 Å². The molecule has 24 heavy (non-hydrogen) atoms. The highest BCUT2D eigenvalue weighted by Gasteiger charge is 2.07. The van der Waals surface area contributed by atoms with Gasteiger partial charge in [0, 0.05) is 12.0 Å². The Morgan fingerprint density at radius 2 is 2.04 bits per heavy atom. The summed E-state index contributed by atoms with van der Waals surface area (Å²) in [4.78, 5) is 19.4. The molecule has 2 aromatic rings. The number of rotatable bonds is 8. The van der Waals surface area contributed by atoms with E-state index in [9.17, 15) is 4.79 Å². The van der Waals surface area contributed by atoms with Gasteiger partial charge in [0.15, 0.2) is 0 Å². The summed E-state index contributed by atoms with van der Waals surface area (Å²) in [5, 5.41) is 8.74. The third-order valence-electron chi connectivity index (χ3n) is 3.69. The topological polar surface area (TPSA) is 89.1 Å². The monoisotopic (exact) mass is 325 g/mol. The molecular weight excluding hydrogens is 302 g/mol. The molecule has 0 atom stereocenters. The molecule has 0 saturated heterocycles. The summed E-state index contributed by atoms with van der Waals surface area (Å²) in [6, 6.07) is 7.62. The van der Waals surface area contributed by atoms with Gasteiger partial charge in [0.2, 0.25) is 0 Å². The minimum absolute atomic E-state index is 0.124. The van der Waals surface area contributed by atoms with Crippen molar-refractivity contribution in [2.45, 2.75) is 39.0 Å². The number of aromatic nitrogens is 2. The molecule has 0 radical (unpaired) electrons. The molecule has 0 saturated carbocycles. The minimum Gasteiger partial charge on any atom is -0.481 e. The summed E-state index contributed by atoms with van der Waals surface area (Å²) in [5.74, 6) is -0.407. The molecule has 1 aromatic carbocycles. The maximum Gasteiger partial charge on any atom is 0.303 e. The number of hydrogen-bond acceptors (Lipinski definition) is 4. The van der Waals surface area contributed by atoms with Crippen LogP contribution in [0.3, 0.4) is 0 Å². The van der Waals surface area contributed by atoms with Crippen LogP contribution in [0, 0.1) is 0 Å². The summed E-state index contributed by atoms with van der Waals surface area (Å²) in [7, 11) is 0. The quantitative estimate of drug-likeness (QED) is 0.717. The molecule has 5 nitrogen and oxygen atoms in total. The van der Waals surface area contributed by atoms with E-state index in [1.807, 2.05) is 30.3 Å². The van der Waals surface area contributed by atoms with Crippen molar-refractivity contribution in [3.05, 3.63) is 47.8 Å². The number of carbonyl (C=O) groups is 1. The molecule has 126 valence electrons. The van der Waals surface area contributed by atoms with Gasteiger partial charge in [-0.05, 0) is 24.5 Å². The van der Waals surface area contributed by atoms with Crippen molar-refractivity contribution >= 4 is 17.9 Å². The molecule has 0 fully saturated rings.